The molecule has 0 aliphatic heterocycles. The standard InChI is InChI=1S/C9H12BrNO2/c10-7-1-3-9(4-2-7)13-6-8(11)5-12/h1-4,8,12H,5-6,11H2/t8-/m0/s1. The van der Waals surface area contributed by atoms with E-state index < -0.39 is 0 Å². The third-order valence-electron chi connectivity index (χ3n) is 1.51. The molecule has 1 aromatic carbocycles. The summed E-state index contributed by atoms with van der Waals surface area (Å²) in [5, 5.41) is 8.64. The minimum Gasteiger partial charge on any atom is -0.492 e. The molecule has 1 aromatic rings. The van der Waals surface area contributed by atoms with Gasteiger partial charge in [-0.2, -0.15) is 0 Å². The Morgan fingerprint density at radius 1 is 1.38 bits per heavy atom. The number of hydrogen-bond acceptors (Lipinski definition) is 3. The van der Waals surface area contributed by atoms with Crippen molar-refractivity contribution in [2.24, 2.45) is 5.73 Å². The van der Waals surface area contributed by atoms with Crippen LogP contribution in [0.15, 0.2) is 28.7 Å². The van der Waals surface area contributed by atoms with Gasteiger partial charge in [0.25, 0.3) is 0 Å². The fourth-order valence-corrected chi connectivity index (χ4v) is 1.05. The second-order valence-electron chi connectivity index (χ2n) is 2.71. The molecule has 3 nitrogen and oxygen atoms in total. The molecule has 1 rings (SSSR count). The second kappa shape index (κ2) is 5.21. The Labute approximate surface area is 85.6 Å². The van der Waals surface area contributed by atoms with Crippen molar-refractivity contribution in [3.63, 3.8) is 0 Å². The number of aliphatic hydroxyl groups is 1. The van der Waals surface area contributed by atoms with Gasteiger partial charge in [-0.15, -0.1) is 0 Å². The molecular formula is C9H12BrNO2. The number of rotatable bonds is 4. The van der Waals surface area contributed by atoms with Gasteiger partial charge >= 0.3 is 0 Å². The van der Waals surface area contributed by atoms with Crippen molar-refractivity contribution < 1.29 is 9.84 Å². The summed E-state index contributed by atoms with van der Waals surface area (Å²) in [5.74, 6) is 0.757. The maximum absolute atomic E-state index is 8.64. The van der Waals surface area contributed by atoms with Gasteiger partial charge in [0.15, 0.2) is 0 Å². The first-order valence-electron chi connectivity index (χ1n) is 3.97. The summed E-state index contributed by atoms with van der Waals surface area (Å²) in [6.07, 6.45) is 0. The van der Waals surface area contributed by atoms with Crippen LogP contribution in [0.25, 0.3) is 0 Å². The molecule has 0 amide bonds. The van der Waals surface area contributed by atoms with E-state index in [0.717, 1.165) is 10.2 Å². The van der Waals surface area contributed by atoms with Crippen molar-refractivity contribution >= 4 is 15.9 Å². The van der Waals surface area contributed by atoms with Crippen molar-refractivity contribution in [3.8, 4) is 5.75 Å². The zero-order valence-corrected chi connectivity index (χ0v) is 8.70. The van der Waals surface area contributed by atoms with E-state index in [-0.39, 0.29) is 12.6 Å². The lowest BCUT2D eigenvalue weighted by molar-refractivity contribution is 0.206. The maximum Gasteiger partial charge on any atom is 0.119 e. The Balaban J connectivity index is 2.41. The first-order valence-corrected chi connectivity index (χ1v) is 4.76. The third-order valence-corrected chi connectivity index (χ3v) is 2.04. The van der Waals surface area contributed by atoms with Gasteiger partial charge in [0.1, 0.15) is 12.4 Å². The lowest BCUT2D eigenvalue weighted by Crippen LogP contribution is -2.31. The topological polar surface area (TPSA) is 55.5 Å². The second-order valence-corrected chi connectivity index (χ2v) is 3.62. The molecule has 0 radical (unpaired) electrons. The van der Waals surface area contributed by atoms with Gasteiger partial charge in [-0.1, -0.05) is 15.9 Å². The van der Waals surface area contributed by atoms with E-state index in [4.69, 9.17) is 15.6 Å². The molecule has 1 atom stereocenters. The summed E-state index contributed by atoms with van der Waals surface area (Å²) in [6.45, 7) is 0.272. The Kier molecular flexibility index (Phi) is 4.21. The molecule has 0 unspecified atom stereocenters. The molecule has 0 aliphatic carbocycles. The van der Waals surface area contributed by atoms with Gasteiger partial charge in [0, 0.05) is 4.47 Å². The minimum atomic E-state index is -0.316. The highest BCUT2D eigenvalue weighted by molar-refractivity contribution is 9.10. The summed E-state index contributed by atoms with van der Waals surface area (Å²) < 4.78 is 6.31. The van der Waals surface area contributed by atoms with Crippen LogP contribution in [0, 0.1) is 0 Å². The van der Waals surface area contributed by atoms with Crippen molar-refractivity contribution in [2.75, 3.05) is 13.2 Å². The van der Waals surface area contributed by atoms with Crippen molar-refractivity contribution in [1.82, 2.24) is 0 Å². The van der Waals surface area contributed by atoms with Crippen LogP contribution < -0.4 is 10.5 Å². The van der Waals surface area contributed by atoms with Gasteiger partial charge in [-0.05, 0) is 24.3 Å². The van der Waals surface area contributed by atoms with Crippen LogP contribution in [0.2, 0.25) is 0 Å². The molecular weight excluding hydrogens is 234 g/mol. The van der Waals surface area contributed by atoms with Crippen molar-refractivity contribution in [2.45, 2.75) is 6.04 Å². The first-order chi connectivity index (χ1) is 6.22. The quantitative estimate of drug-likeness (QED) is 0.837. The van der Waals surface area contributed by atoms with Crippen molar-refractivity contribution in [1.29, 1.82) is 0 Å². The predicted octanol–water partition coefficient (Wildman–Crippen LogP) is 1.15. The molecule has 3 N–H and O–H groups in total. The summed E-state index contributed by atoms with van der Waals surface area (Å²) in [6, 6.07) is 7.14. The Morgan fingerprint density at radius 2 is 2.00 bits per heavy atom. The summed E-state index contributed by atoms with van der Waals surface area (Å²) >= 11 is 3.32. The average molecular weight is 246 g/mol. The molecule has 0 saturated carbocycles. The smallest absolute Gasteiger partial charge is 0.119 e. The molecule has 72 valence electrons. The van der Waals surface area contributed by atoms with Gasteiger partial charge in [0.2, 0.25) is 0 Å². The fraction of sp³-hybridized carbons (Fsp3) is 0.333. The molecule has 4 heteroatoms. The Morgan fingerprint density at radius 3 is 2.54 bits per heavy atom. The zero-order valence-electron chi connectivity index (χ0n) is 7.11. The molecule has 13 heavy (non-hydrogen) atoms. The van der Waals surface area contributed by atoms with Crippen LogP contribution in [0.4, 0.5) is 0 Å². The molecule has 0 aromatic heterocycles. The lowest BCUT2D eigenvalue weighted by atomic mass is 10.3. The van der Waals surface area contributed by atoms with Gasteiger partial charge in [-0.25, -0.2) is 0 Å². The lowest BCUT2D eigenvalue weighted by Gasteiger charge is -2.10. The van der Waals surface area contributed by atoms with E-state index in [1.807, 2.05) is 24.3 Å². The van der Waals surface area contributed by atoms with Crippen LogP contribution in [0.5, 0.6) is 5.75 Å². The van der Waals surface area contributed by atoms with E-state index in [9.17, 15) is 0 Å². The molecule has 0 saturated heterocycles. The van der Waals surface area contributed by atoms with Gasteiger partial charge in [-0.3, -0.25) is 0 Å². The van der Waals surface area contributed by atoms with Crippen LogP contribution >= 0.6 is 15.9 Å². The number of hydrogen-bond donors (Lipinski definition) is 2. The number of nitrogens with two attached hydrogens (primary N) is 1. The highest BCUT2D eigenvalue weighted by Crippen LogP contribution is 2.15. The fourth-order valence-electron chi connectivity index (χ4n) is 0.787. The van der Waals surface area contributed by atoms with Crippen LogP contribution in [0.3, 0.4) is 0 Å². The van der Waals surface area contributed by atoms with Crippen molar-refractivity contribution in [3.05, 3.63) is 28.7 Å². The van der Waals surface area contributed by atoms with E-state index in [1.165, 1.54) is 0 Å². The number of benzene rings is 1. The highest BCUT2D eigenvalue weighted by atomic mass is 79.9. The molecule has 0 fully saturated rings. The largest absolute Gasteiger partial charge is 0.492 e. The monoisotopic (exact) mass is 245 g/mol. The van der Waals surface area contributed by atoms with E-state index >= 15 is 0 Å². The van der Waals surface area contributed by atoms with E-state index in [2.05, 4.69) is 15.9 Å². The number of halogens is 1. The third kappa shape index (κ3) is 3.76. The van der Waals surface area contributed by atoms with Gasteiger partial charge in [0.05, 0.1) is 12.6 Å². The highest BCUT2D eigenvalue weighted by Gasteiger charge is 2.00. The summed E-state index contributed by atoms with van der Waals surface area (Å²) in [7, 11) is 0. The first kappa shape index (κ1) is 10.5. The Hall–Kier alpha value is -0.580. The average Bonchev–Trinajstić information content (AvgIpc) is 2.16. The van der Waals surface area contributed by atoms with Crippen LogP contribution in [-0.2, 0) is 0 Å². The molecule has 0 heterocycles. The molecule has 0 spiro atoms. The maximum atomic E-state index is 8.64. The summed E-state index contributed by atoms with van der Waals surface area (Å²) in [4.78, 5) is 0. The van der Waals surface area contributed by atoms with E-state index in [0.29, 0.717) is 6.61 Å². The number of aliphatic hydroxyl groups excluding tert-OH is 1. The molecule has 0 bridgehead atoms. The number of ether oxygens (including phenoxy) is 1. The zero-order chi connectivity index (χ0) is 9.68. The predicted molar refractivity (Wildman–Crippen MR) is 54.7 cm³/mol. The van der Waals surface area contributed by atoms with Gasteiger partial charge < -0.3 is 15.6 Å². The van der Waals surface area contributed by atoms with Crippen LogP contribution in [0.1, 0.15) is 0 Å². The minimum absolute atomic E-state index is 0.0590. The summed E-state index contributed by atoms with van der Waals surface area (Å²) in [5.41, 5.74) is 5.47. The van der Waals surface area contributed by atoms with E-state index in [1.54, 1.807) is 0 Å². The molecule has 0 aliphatic rings. The Bertz CT molecular complexity index is 250. The normalized spacial score (nSPS) is 12.5. The van der Waals surface area contributed by atoms with Crippen LogP contribution in [-0.4, -0.2) is 24.4 Å². The SMILES string of the molecule is N[C@@H](CO)COc1ccc(Br)cc1.